The number of rotatable bonds is 7. The Morgan fingerprint density at radius 3 is 2.14 bits per heavy atom. The van der Waals surface area contributed by atoms with Crippen LogP contribution in [0.5, 0.6) is 5.75 Å². The van der Waals surface area contributed by atoms with Crippen LogP contribution >= 0.6 is 0 Å². The van der Waals surface area contributed by atoms with Gasteiger partial charge in [0.05, 0.1) is 12.0 Å². The number of carbonyl (C=O) groups is 3. The molecule has 11 nitrogen and oxygen atoms in total. The van der Waals surface area contributed by atoms with Gasteiger partial charge in [-0.3, -0.25) is 14.2 Å². The Morgan fingerprint density at radius 1 is 1.06 bits per heavy atom. The van der Waals surface area contributed by atoms with Crippen LogP contribution in [0, 0.1) is 6.92 Å². The molecule has 1 fully saturated rings. The topological polar surface area (TPSA) is 163 Å². The number of methoxy groups -OCH3 is 1. The number of likely N-dealkylation sites (tertiary alicyclic amines) is 1. The molecular formula is C24H28N2O9S. The number of benzene rings is 2. The van der Waals surface area contributed by atoms with E-state index in [0.29, 0.717) is 11.3 Å². The zero-order valence-corrected chi connectivity index (χ0v) is 21.0. The molecule has 0 unspecified atom stereocenters. The highest BCUT2D eigenvalue weighted by Gasteiger charge is 2.51. The normalized spacial score (nSPS) is 16.6. The Bertz CT molecular complexity index is 1220. The lowest BCUT2D eigenvalue weighted by atomic mass is 10.0. The van der Waals surface area contributed by atoms with Crippen molar-refractivity contribution in [1.82, 2.24) is 4.90 Å². The van der Waals surface area contributed by atoms with Gasteiger partial charge in [0.2, 0.25) is 6.23 Å². The van der Waals surface area contributed by atoms with Gasteiger partial charge in [-0.2, -0.15) is 8.42 Å². The van der Waals surface area contributed by atoms with E-state index >= 15 is 0 Å². The van der Waals surface area contributed by atoms with E-state index in [1.807, 2.05) is 13.0 Å². The van der Waals surface area contributed by atoms with Gasteiger partial charge in [0.1, 0.15) is 17.5 Å². The number of nitrogens with zero attached hydrogens (tertiary/aromatic N) is 1. The number of allylic oxidation sites excluding steroid dienone is 1. The summed E-state index contributed by atoms with van der Waals surface area (Å²) in [5.41, 5.74) is 7.21. The molecule has 1 aliphatic heterocycles. The van der Waals surface area contributed by atoms with Crippen LogP contribution < -0.4 is 10.5 Å². The SMILES string of the molecule is COC(=O)C(=C(C)C)N1C(=O)[C@@H](N)[C@H]1OC(=O)COc1ccccc1.Cc1ccc(S(=O)(=O)O)cc1. The van der Waals surface area contributed by atoms with E-state index in [1.165, 1.54) is 19.2 Å². The minimum Gasteiger partial charge on any atom is -0.482 e. The van der Waals surface area contributed by atoms with Crippen LogP contribution in [0.1, 0.15) is 19.4 Å². The van der Waals surface area contributed by atoms with E-state index in [1.54, 1.807) is 50.2 Å². The first-order valence-electron chi connectivity index (χ1n) is 10.6. The molecule has 1 saturated heterocycles. The third-order valence-corrected chi connectivity index (χ3v) is 5.72. The third kappa shape index (κ3) is 7.38. The van der Waals surface area contributed by atoms with Crippen molar-refractivity contribution >= 4 is 28.0 Å². The molecule has 0 saturated carbocycles. The largest absolute Gasteiger partial charge is 0.482 e. The molecule has 0 aromatic heterocycles. The van der Waals surface area contributed by atoms with Gasteiger partial charge in [0, 0.05) is 0 Å². The quantitative estimate of drug-likeness (QED) is 0.238. The zero-order chi connectivity index (χ0) is 27.0. The van der Waals surface area contributed by atoms with Gasteiger partial charge in [-0.1, -0.05) is 35.9 Å². The first-order chi connectivity index (χ1) is 16.9. The lowest BCUT2D eigenvalue weighted by molar-refractivity contribution is -0.187. The maximum Gasteiger partial charge on any atom is 0.354 e. The Balaban J connectivity index is 0.000000346. The van der Waals surface area contributed by atoms with Crippen molar-refractivity contribution < 1.29 is 41.6 Å². The van der Waals surface area contributed by atoms with E-state index in [2.05, 4.69) is 4.74 Å². The Kier molecular flexibility index (Phi) is 9.73. The molecule has 1 aliphatic rings. The number of β-lactam (4-membered cyclic amide) rings is 1. The molecule has 1 amide bonds. The smallest absolute Gasteiger partial charge is 0.354 e. The van der Waals surface area contributed by atoms with Gasteiger partial charge in [0.15, 0.2) is 6.61 Å². The average molecular weight is 521 g/mol. The van der Waals surface area contributed by atoms with Crippen molar-refractivity contribution in [2.24, 2.45) is 5.73 Å². The minimum atomic E-state index is -4.02. The Labute approximate surface area is 209 Å². The number of hydrogen-bond donors (Lipinski definition) is 2. The summed E-state index contributed by atoms with van der Waals surface area (Å²) in [4.78, 5) is 36.9. The fraction of sp³-hybridized carbons (Fsp3) is 0.292. The number of para-hydroxylation sites is 1. The molecule has 0 aliphatic carbocycles. The maximum absolute atomic E-state index is 12.0. The van der Waals surface area contributed by atoms with E-state index in [0.717, 1.165) is 10.5 Å². The van der Waals surface area contributed by atoms with Crippen molar-refractivity contribution in [3.8, 4) is 5.75 Å². The standard InChI is InChI=1S/C17H20N2O6.C7H8O3S/c1-10(2)14(17(22)23-3)19-15(21)13(18)16(19)25-12(20)9-24-11-7-5-4-6-8-11;1-6-2-4-7(5-3-6)11(8,9)10/h4-8,13,16H,9,18H2,1-3H3;2-5H,1H3,(H,8,9,10)/t13-,16-;/m1./s1. The second-order valence-corrected chi connectivity index (χ2v) is 9.27. The summed E-state index contributed by atoms with van der Waals surface area (Å²) in [5, 5.41) is 0. The molecule has 3 N–H and O–H groups in total. The molecule has 3 rings (SSSR count). The predicted octanol–water partition coefficient (Wildman–Crippen LogP) is 1.81. The number of nitrogens with two attached hydrogens (primary N) is 1. The highest BCUT2D eigenvalue weighted by atomic mass is 32.2. The summed E-state index contributed by atoms with van der Waals surface area (Å²) in [6, 6.07) is 13.7. The highest BCUT2D eigenvalue weighted by molar-refractivity contribution is 7.85. The van der Waals surface area contributed by atoms with Crippen molar-refractivity contribution in [1.29, 1.82) is 0 Å². The monoisotopic (exact) mass is 520 g/mol. The first kappa shape index (κ1) is 28.5. The number of aryl methyl sites for hydroxylation is 1. The number of hydrogen-bond acceptors (Lipinski definition) is 9. The van der Waals surface area contributed by atoms with E-state index in [9.17, 15) is 22.8 Å². The number of carbonyl (C=O) groups excluding carboxylic acids is 3. The molecule has 2 aromatic carbocycles. The van der Waals surface area contributed by atoms with Crippen molar-refractivity contribution in [2.75, 3.05) is 13.7 Å². The molecule has 2 atom stereocenters. The fourth-order valence-corrected chi connectivity index (χ4v) is 3.51. The van der Waals surface area contributed by atoms with Crippen molar-refractivity contribution in [3.05, 3.63) is 71.4 Å². The number of amides is 1. The molecule has 2 aromatic rings. The van der Waals surface area contributed by atoms with Crippen LogP contribution in [0.3, 0.4) is 0 Å². The molecule has 0 radical (unpaired) electrons. The second kappa shape index (κ2) is 12.3. The molecule has 36 heavy (non-hydrogen) atoms. The highest BCUT2D eigenvalue weighted by Crippen LogP contribution is 2.28. The molecule has 0 bridgehead atoms. The summed E-state index contributed by atoms with van der Waals surface area (Å²) in [7, 11) is -2.82. The van der Waals surface area contributed by atoms with Gasteiger partial charge < -0.3 is 19.9 Å². The Morgan fingerprint density at radius 2 is 1.64 bits per heavy atom. The predicted molar refractivity (Wildman–Crippen MR) is 128 cm³/mol. The zero-order valence-electron chi connectivity index (χ0n) is 20.2. The average Bonchev–Trinajstić information content (AvgIpc) is 2.84. The first-order valence-corrected chi connectivity index (χ1v) is 12.1. The van der Waals surface area contributed by atoms with Crippen LogP contribution in [0.2, 0.25) is 0 Å². The number of ether oxygens (including phenoxy) is 3. The van der Waals surface area contributed by atoms with Crippen LogP contribution in [-0.2, 0) is 34.0 Å². The van der Waals surface area contributed by atoms with Gasteiger partial charge in [0.25, 0.3) is 16.0 Å². The summed E-state index contributed by atoms with van der Waals surface area (Å²) in [6.45, 7) is 4.77. The van der Waals surface area contributed by atoms with Crippen LogP contribution in [-0.4, -0.2) is 61.7 Å². The van der Waals surface area contributed by atoms with Crippen LogP contribution in [0.25, 0.3) is 0 Å². The second-order valence-electron chi connectivity index (χ2n) is 7.84. The minimum absolute atomic E-state index is 0.0102. The molecule has 12 heteroatoms. The van der Waals surface area contributed by atoms with E-state index in [4.69, 9.17) is 19.8 Å². The van der Waals surface area contributed by atoms with Gasteiger partial charge in [-0.15, -0.1) is 0 Å². The molecule has 194 valence electrons. The number of esters is 2. The van der Waals surface area contributed by atoms with Gasteiger partial charge >= 0.3 is 11.9 Å². The summed E-state index contributed by atoms with van der Waals surface area (Å²) in [5.74, 6) is -1.44. The van der Waals surface area contributed by atoms with E-state index in [-0.39, 0.29) is 17.2 Å². The summed E-state index contributed by atoms with van der Waals surface area (Å²) < 4.78 is 44.7. The lowest BCUT2D eigenvalue weighted by Crippen LogP contribution is -2.70. The summed E-state index contributed by atoms with van der Waals surface area (Å²) >= 11 is 0. The summed E-state index contributed by atoms with van der Waals surface area (Å²) in [6.07, 6.45) is -1.08. The lowest BCUT2D eigenvalue weighted by Gasteiger charge is -2.44. The van der Waals surface area contributed by atoms with Crippen molar-refractivity contribution in [2.45, 2.75) is 37.9 Å². The third-order valence-electron chi connectivity index (χ3n) is 4.85. The molecule has 0 spiro atoms. The van der Waals surface area contributed by atoms with Crippen molar-refractivity contribution in [3.63, 3.8) is 0 Å². The molecule has 1 heterocycles. The fourth-order valence-electron chi connectivity index (χ4n) is 3.03. The van der Waals surface area contributed by atoms with Gasteiger partial charge in [-0.25, -0.2) is 9.59 Å². The Hall–Kier alpha value is -3.74. The molecular weight excluding hydrogens is 492 g/mol. The maximum atomic E-state index is 12.0. The van der Waals surface area contributed by atoms with Crippen LogP contribution in [0.4, 0.5) is 0 Å². The van der Waals surface area contributed by atoms with Crippen LogP contribution in [0.15, 0.2) is 70.8 Å². The van der Waals surface area contributed by atoms with E-state index < -0.39 is 40.2 Å². The van der Waals surface area contributed by atoms with Gasteiger partial charge in [-0.05, 0) is 50.6 Å².